The van der Waals surface area contributed by atoms with Crippen LogP contribution in [0.5, 0.6) is 0 Å². The Kier molecular flexibility index (Phi) is 4.80. The molecule has 1 saturated carbocycles. The van der Waals surface area contributed by atoms with Gasteiger partial charge in [0.15, 0.2) is 0 Å². The second-order valence-corrected chi connectivity index (χ2v) is 5.53. The van der Waals surface area contributed by atoms with E-state index in [1.165, 1.54) is 12.8 Å². The van der Waals surface area contributed by atoms with Crippen LogP contribution in [0.4, 0.5) is 0 Å². The van der Waals surface area contributed by atoms with Crippen LogP contribution >= 0.6 is 0 Å². The highest BCUT2D eigenvalue weighted by atomic mass is 16.3. The van der Waals surface area contributed by atoms with Crippen molar-refractivity contribution in [2.24, 2.45) is 5.92 Å². The number of carbonyl (C=O) groups excluding carboxylic acids is 2. The summed E-state index contributed by atoms with van der Waals surface area (Å²) < 4.78 is 0. The van der Waals surface area contributed by atoms with Crippen LogP contribution in [-0.2, 0) is 9.59 Å². The maximum Gasteiger partial charge on any atom is 0.228 e. The summed E-state index contributed by atoms with van der Waals surface area (Å²) in [5, 5.41) is 8.96. The Morgan fingerprint density at radius 1 is 1.42 bits per heavy atom. The van der Waals surface area contributed by atoms with Crippen LogP contribution < -0.4 is 0 Å². The molecular weight excluding hydrogens is 244 g/mol. The summed E-state index contributed by atoms with van der Waals surface area (Å²) >= 11 is 0. The molecule has 5 heteroatoms. The minimum Gasteiger partial charge on any atom is -0.395 e. The first-order valence-corrected chi connectivity index (χ1v) is 7.36. The Labute approximate surface area is 114 Å². The zero-order valence-electron chi connectivity index (χ0n) is 11.7. The van der Waals surface area contributed by atoms with E-state index in [0.29, 0.717) is 32.1 Å². The van der Waals surface area contributed by atoms with Crippen molar-refractivity contribution in [1.82, 2.24) is 9.80 Å². The van der Waals surface area contributed by atoms with Crippen molar-refractivity contribution in [1.29, 1.82) is 0 Å². The van der Waals surface area contributed by atoms with Gasteiger partial charge < -0.3 is 14.9 Å². The largest absolute Gasteiger partial charge is 0.395 e. The minimum atomic E-state index is -0.209. The van der Waals surface area contributed by atoms with Gasteiger partial charge in [0, 0.05) is 32.1 Å². The van der Waals surface area contributed by atoms with Crippen LogP contribution in [0.15, 0.2) is 0 Å². The number of aliphatic hydroxyl groups excluding tert-OH is 1. The van der Waals surface area contributed by atoms with Crippen molar-refractivity contribution in [3.8, 4) is 0 Å². The summed E-state index contributed by atoms with van der Waals surface area (Å²) in [6.07, 6.45) is 4.90. The number of amides is 2. The number of rotatable bonds is 5. The van der Waals surface area contributed by atoms with Gasteiger partial charge >= 0.3 is 0 Å². The standard InChI is InChI=1S/C14H24N2O3/c1-2-15(7-8-17)14(19)11-9-13(18)16(10-11)12-5-3-4-6-12/h11-12,17H,2-10H2,1H3. The third-order valence-corrected chi connectivity index (χ3v) is 4.34. The van der Waals surface area contributed by atoms with Crippen molar-refractivity contribution in [2.75, 3.05) is 26.2 Å². The molecule has 0 radical (unpaired) electrons. The fourth-order valence-electron chi connectivity index (χ4n) is 3.27. The van der Waals surface area contributed by atoms with Crippen LogP contribution in [0.3, 0.4) is 0 Å². The number of nitrogens with zero attached hydrogens (tertiary/aromatic N) is 2. The molecule has 108 valence electrons. The predicted molar refractivity (Wildman–Crippen MR) is 71.4 cm³/mol. The molecule has 0 aromatic heterocycles. The highest BCUT2D eigenvalue weighted by Crippen LogP contribution is 2.30. The molecule has 0 aromatic rings. The molecular formula is C14H24N2O3. The lowest BCUT2D eigenvalue weighted by Crippen LogP contribution is -2.40. The Morgan fingerprint density at radius 2 is 2.11 bits per heavy atom. The third-order valence-electron chi connectivity index (χ3n) is 4.34. The van der Waals surface area contributed by atoms with Gasteiger partial charge in [-0.3, -0.25) is 9.59 Å². The van der Waals surface area contributed by atoms with Gasteiger partial charge in [0.1, 0.15) is 0 Å². The monoisotopic (exact) mass is 268 g/mol. The van der Waals surface area contributed by atoms with Gasteiger partial charge in [0.2, 0.25) is 11.8 Å². The SMILES string of the molecule is CCN(CCO)C(=O)C1CC(=O)N(C2CCCC2)C1. The number of hydrogen-bond acceptors (Lipinski definition) is 3. The quantitative estimate of drug-likeness (QED) is 0.795. The van der Waals surface area contributed by atoms with Crippen LogP contribution in [0, 0.1) is 5.92 Å². The maximum absolute atomic E-state index is 12.3. The third kappa shape index (κ3) is 3.08. The van der Waals surface area contributed by atoms with Gasteiger partial charge in [-0.1, -0.05) is 12.8 Å². The number of hydrogen-bond donors (Lipinski definition) is 1. The maximum atomic E-state index is 12.3. The van der Waals surface area contributed by atoms with Gasteiger partial charge in [-0.05, 0) is 19.8 Å². The lowest BCUT2D eigenvalue weighted by atomic mass is 10.1. The molecule has 0 bridgehead atoms. The highest BCUT2D eigenvalue weighted by molar-refractivity contribution is 5.89. The molecule has 2 aliphatic rings. The molecule has 1 aliphatic carbocycles. The zero-order valence-corrected chi connectivity index (χ0v) is 11.7. The van der Waals surface area contributed by atoms with E-state index in [9.17, 15) is 9.59 Å². The van der Waals surface area contributed by atoms with Crippen LogP contribution in [0.1, 0.15) is 39.0 Å². The van der Waals surface area contributed by atoms with Gasteiger partial charge in [-0.2, -0.15) is 0 Å². The van der Waals surface area contributed by atoms with Gasteiger partial charge in [0.05, 0.1) is 12.5 Å². The second-order valence-electron chi connectivity index (χ2n) is 5.53. The molecule has 1 aliphatic heterocycles. The Hall–Kier alpha value is -1.10. The molecule has 1 saturated heterocycles. The lowest BCUT2D eigenvalue weighted by Gasteiger charge is -2.26. The first kappa shape index (κ1) is 14.3. The molecule has 1 heterocycles. The number of likely N-dealkylation sites (N-methyl/N-ethyl adjacent to an activating group) is 1. The van der Waals surface area contributed by atoms with E-state index >= 15 is 0 Å². The average molecular weight is 268 g/mol. The summed E-state index contributed by atoms with van der Waals surface area (Å²) in [5.41, 5.74) is 0. The van der Waals surface area contributed by atoms with Gasteiger partial charge in [-0.25, -0.2) is 0 Å². The fraction of sp³-hybridized carbons (Fsp3) is 0.857. The first-order valence-electron chi connectivity index (χ1n) is 7.36. The second kappa shape index (κ2) is 6.37. The van der Waals surface area contributed by atoms with Crippen molar-refractivity contribution in [3.05, 3.63) is 0 Å². The molecule has 19 heavy (non-hydrogen) atoms. The lowest BCUT2D eigenvalue weighted by molar-refractivity contribution is -0.136. The molecule has 2 fully saturated rings. The van der Waals surface area contributed by atoms with E-state index in [-0.39, 0.29) is 24.3 Å². The molecule has 1 N–H and O–H groups in total. The smallest absolute Gasteiger partial charge is 0.228 e. The van der Waals surface area contributed by atoms with Crippen LogP contribution in [0.2, 0.25) is 0 Å². The summed E-state index contributed by atoms with van der Waals surface area (Å²) in [5.74, 6) is -0.0599. The summed E-state index contributed by atoms with van der Waals surface area (Å²) in [4.78, 5) is 27.9. The molecule has 2 rings (SSSR count). The van der Waals surface area contributed by atoms with E-state index in [0.717, 1.165) is 12.8 Å². The normalized spacial score (nSPS) is 24.2. The summed E-state index contributed by atoms with van der Waals surface area (Å²) in [6, 6.07) is 0.359. The minimum absolute atomic E-state index is 0.0189. The number of aliphatic hydroxyl groups is 1. The van der Waals surface area contributed by atoms with Gasteiger partial charge in [-0.15, -0.1) is 0 Å². The number of likely N-dealkylation sites (tertiary alicyclic amines) is 1. The van der Waals surface area contributed by atoms with E-state index in [2.05, 4.69) is 0 Å². The zero-order chi connectivity index (χ0) is 13.8. The van der Waals surface area contributed by atoms with Crippen molar-refractivity contribution in [3.63, 3.8) is 0 Å². The Morgan fingerprint density at radius 3 is 2.68 bits per heavy atom. The van der Waals surface area contributed by atoms with Gasteiger partial charge in [0.25, 0.3) is 0 Å². The molecule has 1 atom stereocenters. The van der Waals surface area contributed by atoms with Crippen molar-refractivity contribution < 1.29 is 14.7 Å². The summed E-state index contributed by atoms with van der Waals surface area (Å²) in [6.45, 7) is 3.41. The molecule has 1 unspecified atom stereocenters. The Bertz CT molecular complexity index is 340. The molecule has 0 spiro atoms. The average Bonchev–Trinajstić information content (AvgIpc) is 3.03. The van der Waals surface area contributed by atoms with E-state index in [1.807, 2.05) is 11.8 Å². The fourth-order valence-corrected chi connectivity index (χ4v) is 3.27. The highest BCUT2D eigenvalue weighted by Gasteiger charge is 2.39. The molecule has 0 aromatic carbocycles. The van der Waals surface area contributed by atoms with Crippen LogP contribution in [0.25, 0.3) is 0 Å². The predicted octanol–water partition coefficient (Wildman–Crippen LogP) is 0.618. The van der Waals surface area contributed by atoms with Crippen molar-refractivity contribution in [2.45, 2.75) is 45.1 Å². The first-order chi connectivity index (χ1) is 9.17. The van der Waals surface area contributed by atoms with Crippen LogP contribution in [-0.4, -0.2) is 59.0 Å². The van der Waals surface area contributed by atoms with E-state index < -0.39 is 0 Å². The van der Waals surface area contributed by atoms with E-state index in [1.54, 1.807) is 4.90 Å². The molecule has 5 nitrogen and oxygen atoms in total. The Balaban J connectivity index is 1.95. The topological polar surface area (TPSA) is 60.9 Å². The van der Waals surface area contributed by atoms with E-state index in [4.69, 9.17) is 5.11 Å². The summed E-state index contributed by atoms with van der Waals surface area (Å²) in [7, 11) is 0. The van der Waals surface area contributed by atoms with Crippen molar-refractivity contribution >= 4 is 11.8 Å². The number of carbonyl (C=O) groups is 2. The molecule has 2 amide bonds.